The number of benzene rings is 2. The summed E-state index contributed by atoms with van der Waals surface area (Å²) in [4.78, 5) is 13.8. The van der Waals surface area contributed by atoms with Gasteiger partial charge in [-0.3, -0.25) is 9.21 Å². The van der Waals surface area contributed by atoms with E-state index in [4.69, 9.17) is 21.7 Å². The molecule has 2 aromatic carbocycles. The molecule has 3 heterocycles. The zero-order chi connectivity index (χ0) is 27.6. The third kappa shape index (κ3) is 6.27. The molecule has 0 unspecified atom stereocenters. The largest absolute Gasteiger partial charge is 0.395 e. The van der Waals surface area contributed by atoms with Crippen LogP contribution in [0.3, 0.4) is 0 Å². The third-order valence-electron chi connectivity index (χ3n) is 7.00. The number of nitrogens with zero attached hydrogens (tertiary/aromatic N) is 6. The van der Waals surface area contributed by atoms with Crippen LogP contribution < -0.4 is 14.5 Å². The lowest BCUT2D eigenvalue weighted by atomic mass is 10.1. The number of β-amino-alcohol motifs (C(OH)–C–C–N with tert-alkyl or cyclic N) is 1. The van der Waals surface area contributed by atoms with Crippen LogP contribution in [0.1, 0.15) is 5.56 Å². The molecule has 4 aromatic rings. The third-order valence-corrected chi connectivity index (χ3v) is 8.42. The number of hydrogen-bond acceptors (Lipinski definition) is 8. The molecule has 1 saturated heterocycles. The lowest BCUT2D eigenvalue weighted by Crippen LogP contribution is -2.47. The fourth-order valence-corrected chi connectivity index (χ4v) is 5.49. The highest BCUT2D eigenvalue weighted by Crippen LogP contribution is 2.28. The molecular formula is C27H32ClN7O3S. The van der Waals surface area contributed by atoms with E-state index in [1.165, 1.54) is 17.6 Å². The van der Waals surface area contributed by atoms with Crippen molar-refractivity contribution in [2.75, 3.05) is 67.2 Å². The first kappa shape index (κ1) is 27.2. The molecule has 12 heteroatoms. The van der Waals surface area contributed by atoms with Crippen LogP contribution in [0, 0.1) is 0 Å². The fraction of sp³-hybridized carbons (Fsp3) is 0.333. The first-order valence-electron chi connectivity index (χ1n) is 12.7. The van der Waals surface area contributed by atoms with Gasteiger partial charge in [-0.05, 0) is 54.1 Å². The van der Waals surface area contributed by atoms with Gasteiger partial charge in [-0.1, -0.05) is 11.6 Å². The summed E-state index contributed by atoms with van der Waals surface area (Å²) in [7, 11) is -1.91. The van der Waals surface area contributed by atoms with Gasteiger partial charge in [0.1, 0.15) is 5.65 Å². The Morgan fingerprint density at radius 3 is 2.51 bits per heavy atom. The van der Waals surface area contributed by atoms with Crippen LogP contribution in [-0.2, 0) is 16.6 Å². The number of fused-ring (bicyclic) bond motifs is 1. The molecule has 1 aliphatic rings. The highest BCUT2D eigenvalue weighted by Gasteiger charge is 2.18. The molecule has 39 heavy (non-hydrogen) atoms. The quantitative estimate of drug-likeness (QED) is 0.316. The number of hydrogen-bond donors (Lipinski definition) is 2. The van der Waals surface area contributed by atoms with Gasteiger partial charge < -0.3 is 19.9 Å². The topological polar surface area (TPSA) is 107 Å². The molecule has 0 aliphatic carbocycles. The first-order chi connectivity index (χ1) is 18.7. The zero-order valence-electron chi connectivity index (χ0n) is 22.0. The molecule has 1 aliphatic heterocycles. The van der Waals surface area contributed by atoms with Crippen molar-refractivity contribution in [3.8, 4) is 0 Å². The predicted molar refractivity (Wildman–Crippen MR) is 157 cm³/mol. The Balaban J connectivity index is 1.33. The molecule has 0 saturated carbocycles. The molecule has 0 amide bonds. The second-order valence-corrected chi connectivity index (χ2v) is 12.1. The van der Waals surface area contributed by atoms with Crippen molar-refractivity contribution in [2.24, 2.45) is 0 Å². The molecule has 1 fully saturated rings. The Labute approximate surface area is 233 Å². The fourth-order valence-electron chi connectivity index (χ4n) is 4.76. The van der Waals surface area contributed by atoms with E-state index in [-0.39, 0.29) is 6.61 Å². The lowest BCUT2D eigenvalue weighted by Gasteiger charge is -2.35. The van der Waals surface area contributed by atoms with Crippen molar-refractivity contribution in [3.05, 3.63) is 71.5 Å². The van der Waals surface area contributed by atoms with Gasteiger partial charge in [-0.2, -0.15) is 4.98 Å². The second-order valence-electron chi connectivity index (χ2n) is 9.64. The molecule has 0 atom stereocenters. The van der Waals surface area contributed by atoms with E-state index in [9.17, 15) is 8.42 Å². The molecule has 206 valence electrons. The van der Waals surface area contributed by atoms with Crippen LogP contribution in [0.2, 0.25) is 5.02 Å². The Bertz CT molecular complexity index is 1550. The first-order valence-corrected chi connectivity index (χ1v) is 14.9. The van der Waals surface area contributed by atoms with Crippen molar-refractivity contribution < 1.29 is 13.5 Å². The number of aromatic nitrogens is 3. The van der Waals surface area contributed by atoms with Gasteiger partial charge in [0.25, 0.3) is 0 Å². The van der Waals surface area contributed by atoms with E-state index in [1.54, 1.807) is 24.4 Å². The molecule has 2 N–H and O–H groups in total. The van der Waals surface area contributed by atoms with E-state index in [1.807, 2.05) is 29.0 Å². The van der Waals surface area contributed by atoms with Crippen LogP contribution in [0.15, 0.2) is 60.9 Å². The van der Waals surface area contributed by atoms with Crippen molar-refractivity contribution in [2.45, 2.75) is 6.54 Å². The normalized spacial score (nSPS) is 14.6. The minimum atomic E-state index is -3.44. The molecule has 10 nitrogen and oxygen atoms in total. The van der Waals surface area contributed by atoms with Gasteiger partial charge in [0.2, 0.25) is 16.0 Å². The number of nitrogens with one attached hydrogen (secondary N) is 1. The van der Waals surface area contributed by atoms with Crippen molar-refractivity contribution in [1.82, 2.24) is 19.4 Å². The SMILES string of the molecule is CN(c1ccc(Cl)cc1Cn1ccc2cnc(Nc3ccc(N4CCN(CCO)CC4)cc3)nc21)S(C)(=O)=O. The Kier molecular flexibility index (Phi) is 7.94. The Morgan fingerprint density at radius 1 is 1.08 bits per heavy atom. The number of aliphatic hydroxyl groups is 1. The number of piperazine rings is 1. The maximum atomic E-state index is 12.2. The monoisotopic (exact) mass is 569 g/mol. The van der Waals surface area contributed by atoms with Crippen LogP contribution in [0.4, 0.5) is 23.0 Å². The Morgan fingerprint density at radius 2 is 1.82 bits per heavy atom. The van der Waals surface area contributed by atoms with Crippen molar-refractivity contribution >= 4 is 55.7 Å². The molecule has 0 spiro atoms. The summed E-state index contributed by atoms with van der Waals surface area (Å²) in [6, 6.07) is 15.3. The minimum absolute atomic E-state index is 0.196. The highest BCUT2D eigenvalue weighted by molar-refractivity contribution is 7.92. The molecular weight excluding hydrogens is 538 g/mol. The summed E-state index contributed by atoms with van der Waals surface area (Å²) >= 11 is 6.26. The van der Waals surface area contributed by atoms with Crippen LogP contribution >= 0.6 is 11.6 Å². The van der Waals surface area contributed by atoms with Crippen molar-refractivity contribution in [3.63, 3.8) is 0 Å². The summed E-state index contributed by atoms with van der Waals surface area (Å²) in [6.07, 6.45) is 4.85. The van der Waals surface area contributed by atoms with Gasteiger partial charge in [-0.15, -0.1) is 0 Å². The average Bonchev–Trinajstić information content (AvgIpc) is 3.31. The van der Waals surface area contributed by atoms with E-state index < -0.39 is 10.0 Å². The Hall–Kier alpha value is -3.38. The second kappa shape index (κ2) is 11.4. The highest BCUT2D eigenvalue weighted by atomic mass is 35.5. The number of rotatable bonds is 9. The van der Waals surface area contributed by atoms with Gasteiger partial charge in [0.05, 0.1) is 25.1 Å². The number of halogens is 1. The summed E-state index contributed by atoms with van der Waals surface area (Å²) in [5.41, 5.74) is 4.07. The lowest BCUT2D eigenvalue weighted by molar-refractivity contribution is 0.189. The van der Waals surface area contributed by atoms with Gasteiger partial charge >= 0.3 is 0 Å². The maximum Gasteiger partial charge on any atom is 0.232 e. The standard InChI is InChI=1S/C27H32ClN7O3S/c1-32(39(2,37)38)25-8-3-22(28)17-21(25)19-35-10-9-20-18-29-27(31-26(20)35)30-23-4-6-24(7-5-23)34-13-11-33(12-14-34)15-16-36/h3-10,17-18,36H,11-16,19H2,1-2H3,(H,29,30,31). The van der Waals surface area contributed by atoms with Gasteiger partial charge in [0, 0.05) is 73.9 Å². The summed E-state index contributed by atoms with van der Waals surface area (Å²) in [5, 5.41) is 13.8. The molecule has 0 radical (unpaired) electrons. The smallest absolute Gasteiger partial charge is 0.232 e. The summed E-state index contributed by atoms with van der Waals surface area (Å²) in [6.45, 7) is 5.04. The van der Waals surface area contributed by atoms with E-state index >= 15 is 0 Å². The van der Waals surface area contributed by atoms with E-state index in [0.29, 0.717) is 23.2 Å². The minimum Gasteiger partial charge on any atom is -0.395 e. The van der Waals surface area contributed by atoms with E-state index in [0.717, 1.165) is 60.7 Å². The predicted octanol–water partition coefficient (Wildman–Crippen LogP) is 3.39. The summed E-state index contributed by atoms with van der Waals surface area (Å²) < 4.78 is 27.6. The molecule has 0 bridgehead atoms. The maximum absolute atomic E-state index is 12.2. The van der Waals surface area contributed by atoms with Gasteiger partial charge in [-0.25, -0.2) is 13.4 Å². The van der Waals surface area contributed by atoms with Crippen molar-refractivity contribution in [1.29, 1.82) is 0 Å². The summed E-state index contributed by atoms with van der Waals surface area (Å²) in [5.74, 6) is 0.465. The van der Waals surface area contributed by atoms with Gasteiger partial charge in [0.15, 0.2) is 0 Å². The number of anilines is 4. The number of sulfonamides is 1. The van der Waals surface area contributed by atoms with Crippen LogP contribution in [-0.4, -0.2) is 85.6 Å². The van der Waals surface area contributed by atoms with Crippen LogP contribution in [0.5, 0.6) is 0 Å². The van der Waals surface area contributed by atoms with E-state index in [2.05, 4.69) is 32.2 Å². The average molecular weight is 570 g/mol. The molecule has 5 rings (SSSR count). The zero-order valence-corrected chi connectivity index (χ0v) is 23.5. The number of aliphatic hydroxyl groups excluding tert-OH is 1. The van der Waals surface area contributed by atoms with Crippen LogP contribution in [0.25, 0.3) is 11.0 Å². The molecule has 2 aromatic heterocycles.